The predicted molar refractivity (Wildman–Crippen MR) is 62.1 cm³/mol. The van der Waals surface area contributed by atoms with Gasteiger partial charge >= 0.3 is 0 Å². The zero-order valence-corrected chi connectivity index (χ0v) is 9.61. The van der Waals surface area contributed by atoms with Crippen LogP contribution < -0.4 is 5.73 Å². The Hall–Kier alpha value is -1.62. The summed E-state index contributed by atoms with van der Waals surface area (Å²) in [5.41, 5.74) is 6.39. The molecular formula is C12H15FN2O2. The second-order valence-corrected chi connectivity index (χ2v) is 4.38. The highest BCUT2D eigenvalue weighted by Crippen LogP contribution is 2.20. The Morgan fingerprint density at radius 3 is 2.88 bits per heavy atom. The molecule has 1 aliphatic heterocycles. The summed E-state index contributed by atoms with van der Waals surface area (Å²) in [6.45, 7) is 2.52. The molecule has 0 aliphatic carbocycles. The number of nitrogen functional groups attached to an aromatic ring is 1. The van der Waals surface area contributed by atoms with Crippen molar-refractivity contribution in [3.8, 4) is 0 Å². The van der Waals surface area contributed by atoms with Gasteiger partial charge in [0.05, 0.1) is 11.8 Å². The average Bonchev–Trinajstić information content (AvgIpc) is 2.69. The number of aliphatic hydroxyl groups excluding tert-OH is 1. The molecule has 2 rings (SSSR count). The third-order valence-electron chi connectivity index (χ3n) is 3.02. The molecule has 0 radical (unpaired) electrons. The highest BCUT2D eigenvalue weighted by molar-refractivity contribution is 5.96. The van der Waals surface area contributed by atoms with Crippen LogP contribution in [0.4, 0.5) is 10.1 Å². The van der Waals surface area contributed by atoms with Gasteiger partial charge in [-0.1, -0.05) is 0 Å². The number of halogens is 1. The van der Waals surface area contributed by atoms with Crippen molar-refractivity contribution < 1.29 is 14.3 Å². The molecule has 0 aromatic heterocycles. The number of likely N-dealkylation sites (tertiary alicyclic amines) is 1. The van der Waals surface area contributed by atoms with Gasteiger partial charge in [-0.05, 0) is 31.0 Å². The van der Waals surface area contributed by atoms with E-state index in [9.17, 15) is 14.3 Å². The number of amides is 1. The van der Waals surface area contributed by atoms with E-state index in [1.54, 1.807) is 11.8 Å². The molecule has 1 aromatic carbocycles. The fraction of sp³-hybridized carbons (Fsp3) is 0.417. The highest BCUT2D eigenvalue weighted by atomic mass is 19.1. The minimum Gasteiger partial charge on any atom is -0.396 e. The molecule has 3 N–H and O–H groups in total. The van der Waals surface area contributed by atoms with E-state index in [-0.39, 0.29) is 11.6 Å². The zero-order valence-electron chi connectivity index (χ0n) is 9.61. The smallest absolute Gasteiger partial charge is 0.254 e. The Kier molecular flexibility index (Phi) is 3.02. The Morgan fingerprint density at radius 2 is 2.29 bits per heavy atom. The maximum atomic E-state index is 13.2. The van der Waals surface area contributed by atoms with Crippen molar-refractivity contribution in [3.63, 3.8) is 0 Å². The lowest BCUT2D eigenvalue weighted by molar-refractivity contribution is 0.0764. The molecule has 1 saturated heterocycles. The number of aryl methyl sites for hydroxylation is 1. The molecule has 5 heteroatoms. The summed E-state index contributed by atoms with van der Waals surface area (Å²) in [6, 6.07) is 2.62. The minimum absolute atomic E-state index is 0.0290. The van der Waals surface area contributed by atoms with Crippen LogP contribution in [0.15, 0.2) is 12.1 Å². The van der Waals surface area contributed by atoms with Crippen LogP contribution in [-0.4, -0.2) is 35.1 Å². The highest BCUT2D eigenvalue weighted by Gasteiger charge is 2.26. The van der Waals surface area contributed by atoms with Crippen molar-refractivity contribution in [1.29, 1.82) is 0 Å². The number of carbonyl (C=O) groups is 1. The number of rotatable bonds is 1. The molecule has 1 aliphatic rings. The zero-order chi connectivity index (χ0) is 12.6. The van der Waals surface area contributed by atoms with E-state index < -0.39 is 11.9 Å². The van der Waals surface area contributed by atoms with E-state index in [0.717, 1.165) is 0 Å². The van der Waals surface area contributed by atoms with Crippen LogP contribution in [0, 0.1) is 12.7 Å². The van der Waals surface area contributed by atoms with Gasteiger partial charge in [-0.25, -0.2) is 4.39 Å². The summed E-state index contributed by atoms with van der Waals surface area (Å²) in [7, 11) is 0. The summed E-state index contributed by atoms with van der Waals surface area (Å²) in [4.78, 5) is 13.7. The van der Waals surface area contributed by atoms with E-state index >= 15 is 0 Å². The predicted octanol–water partition coefficient (Wildman–Crippen LogP) is 0.923. The monoisotopic (exact) mass is 238 g/mol. The third kappa shape index (κ3) is 2.24. The number of nitrogens with two attached hydrogens (primary N) is 1. The van der Waals surface area contributed by atoms with Crippen LogP contribution in [0.3, 0.4) is 0 Å². The van der Waals surface area contributed by atoms with Gasteiger partial charge in [0.25, 0.3) is 5.91 Å². The summed E-state index contributed by atoms with van der Waals surface area (Å²) in [6.07, 6.45) is 0.124. The first kappa shape index (κ1) is 11.9. The van der Waals surface area contributed by atoms with Gasteiger partial charge in [-0.3, -0.25) is 4.79 Å². The maximum Gasteiger partial charge on any atom is 0.254 e. The van der Waals surface area contributed by atoms with E-state index in [1.165, 1.54) is 12.1 Å². The second kappa shape index (κ2) is 4.33. The van der Waals surface area contributed by atoms with Crippen molar-refractivity contribution >= 4 is 11.6 Å². The number of carbonyl (C=O) groups excluding carboxylic acids is 1. The number of hydrogen-bond donors (Lipinski definition) is 2. The molecule has 1 fully saturated rings. The number of anilines is 1. The van der Waals surface area contributed by atoms with Crippen molar-refractivity contribution in [2.75, 3.05) is 18.8 Å². The molecule has 0 bridgehead atoms. The Bertz CT molecular complexity index is 462. The first-order valence-corrected chi connectivity index (χ1v) is 5.52. The molecule has 92 valence electrons. The largest absolute Gasteiger partial charge is 0.396 e. The van der Waals surface area contributed by atoms with Crippen molar-refractivity contribution in [1.82, 2.24) is 4.90 Å². The van der Waals surface area contributed by atoms with Crippen molar-refractivity contribution in [2.45, 2.75) is 19.4 Å². The number of hydrogen-bond acceptors (Lipinski definition) is 3. The van der Waals surface area contributed by atoms with Gasteiger partial charge in [0.2, 0.25) is 0 Å². The molecule has 1 amide bonds. The SMILES string of the molecule is Cc1cc(F)c(N)cc1C(=O)N1CC[C@@H](O)C1. The van der Waals surface area contributed by atoms with E-state index in [4.69, 9.17) is 5.73 Å². The van der Waals surface area contributed by atoms with Gasteiger partial charge in [-0.15, -0.1) is 0 Å². The quantitative estimate of drug-likeness (QED) is 0.715. The Balaban J connectivity index is 2.28. The Labute approximate surface area is 98.8 Å². The second-order valence-electron chi connectivity index (χ2n) is 4.38. The van der Waals surface area contributed by atoms with Crippen LogP contribution in [0.25, 0.3) is 0 Å². The maximum absolute atomic E-state index is 13.2. The lowest BCUT2D eigenvalue weighted by Gasteiger charge is -2.17. The van der Waals surface area contributed by atoms with Crippen LogP contribution in [0.5, 0.6) is 0 Å². The number of nitrogens with zero attached hydrogens (tertiary/aromatic N) is 1. The fourth-order valence-corrected chi connectivity index (χ4v) is 2.02. The number of benzene rings is 1. The van der Waals surface area contributed by atoms with Crippen LogP contribution in [0.1, 0.15) is 22.3 Å². The number of β-amino-alcohol motifs (C(OH)–C–C–N with tert-alkyl or cyclic N) is 1. The summed E-state index contributed by atoms with van der Waals surface area (Å²) in [5.74, 6) is -0.716. The van der Waals surface area contributed by atoms with E-state index in [1.807, 2.05) is 0 Å². The lowest BCUT2D eigenvalue weighted by Crippen LogP contribution is -2.30. The first-order chi connectivity index (χ1) is 7.99. The molecule has 0 spiro atoms. The summed E-state index contributed by atoms with van der Waals surface area (Å²) in [5, 5.41) is 9.38. The van der Waals surface area contributed by atoms with E-state index in [0.29, 0.717) is 30.6 Å². The minimum atomic E-state index is -0.513. The first-order valence-electron chi connectivity index (χ1n) is 5.52. The van der Waals surface area contributed by atoms with Gasteiger partial charge < -0.3 is 15.7 Å². The molecular weight excluding hydrogens is 223 g/mol. The molecule has 4 nitrogen and oxygen atoms in total. The van der Waals surface area contributed by atoms with Gasteiger partial charge in [-0.2, -0.15) is 0 Å². The molecule has 0 saturated carbocycles. The lowest BCUT2D eigenvalue weighted by atomic mass is 10.1. The average molecular weight is 238 g/mol. The molecule has 0 unspecified atom stereocenters. The van der Waals surface area contributed by atoms with Gasteiger partial charge in [0.15, 0.2) is 0 Å². The Morgan fingerprint density at radius 1 is 1.59 bits per heavy atom. The van der Waals surface area contributed by atoms with Gasteiger partial charge in [0.1, 0.15) is 5.82 Å². The standard InChI is InChI=1S/C12H15FN2O2/c1-7-4-10(13)11(14)5-9(7)12(17)15-3-2-8(16)6-15/h4-5,8,16H,2-3,6,14H2,1H3/t8-/m1/s1. The topological polar surface area (TPSA) is 66.6 Å². The van der Waals surface area contributed by atoms with Gasteiger partial charge in [0, 0.05) is 18.7 Å². The van der Waals surface area contributed by atoms with E-state index in [2.05, 4.69) is 0 Å². The van der Waals surface area contributed by atoms with Crippen LogP contribution >= 0.6 is 0 Å². The normalized spacial score (nSPS) is 19.7. The molecule has 1 atom stereocenters. The van der Waals surface area contributed by atoms with Crippen LogP contribution in [-0.2, 0) is 0 Å². The fourth-order valence-electron chi connectivity index (χ4n) is 2.02. The van der Waals surface area contributed by atoms with Crippen LogP contribution in [0.2, 0.25) is 0 Å². The third-order valence-corrected chi connectivity index (χ3v) is 3.02. The molecule has 1 heterocycles. The summed E-state index contributed by atoms with van der Waals surface area (Å²) < 4.78 is 13.2. The molecule has 17 heavy (non-hydrogen) atoms. The van der Waals surface area contributed by atoms with Crippen molar-refractivity contribution in [2.24, 2.45) is 0 Å². The molecule has 1 aromatic rings. The summed E-state index contributed by atoms with van der Waals surface area (Å²) >= 11 is 0. The van der Waals surface area contributed by atoms with Crippen molar-refractivity contribution in [3.05, 3.63) is 29.1 Å². The number of aliphatic hydroxyl groups is 1.